The number of hydrogen-bond donors (Lipinski definition) is 0. The lowest BCUT2D eigenvalue weighted by Gasteiger charge is -2.91. The van der Waals surface area contributed by atoms with Crippen LogP contribution < -0.4 is 0 Å². The Hall–Kier alpha value is -0.100. The van der Waals surface area contributed by atoms with Crippen molar-refractivity contribution in [3.63, 3.8) is 0 Å². The monoisotopic (exact) mass is 604 g/mol. The maximum atomic E-state index is 2.49. The molecule has 2 heteroatoms. The average Bonchev–Trinajstić information content (AvgIpc) is 2.72. The number of halogens is 2. The minimum atomic E-state index is 0.522. The molecule has 29 heavy (non-hydrogen) atoms. The minimum Gasteiger partial charge on any atom is -0.0574 e. The van der Waals surface area contributed by atoms with E-state index in [1.807, 2.05) is 0 Å². The molecule has 9 fully saturated rings. The van der Waals surface area contributed by atoms with Gasteiger partial charge in [-0.3, -0.25) is 0 Å². The normalized spacial score (nSPS) is 52.1. The van der Waals surface area contributed by atoms with Crippen molar-refractivity contribution >= 4 is 45.2 Å². The van der Waals surface area contributed by atoms with Gasteiger partial charge in [-0.2, -0.15) is 0 Å². The third-order valence-corrected chi connectivity index (χ3v) is 12.7. The van der Waals surface area contributed by atoms with Gasteiger partial charge in [0.1, 0.15) is 0 Å². The van der Waals surface area contributed by atoms with Crippen molar-refractivity contribution < 1.29 is 0 Å². The molecule has 4 atom stereocenters. The van der Waals surface area contributed by atoms with Crippen LogP contribution in [0.2, 0.25) is 0 Å². The summed E-state index contributed by atoms with van der Waals surface area (Å²) in [6.07, 6.45) is 10.7. The lowest BCUT2D eigenvalue weighted by Crippen LogP contribution is -2.85. The molecule has 8 bridgehead atoms. The molecular formula is C27H26I2. The Bertz CT molecular complexity index is 1000. The highest BCUT2D eigenvalue weighted by Gasteiger charge is 2.86. The summed E-state index contributed by atoms with van der Waals surface area (Å²) >= 11 is 4.93. The number of rotatable bonds is 2. The van der Waals surface area contributed by atoms with Gasteiger partial charge in [-0.15, -0.1) is 0 Å². The summed E-state index contributed by atoms with van der Waals surface area (Å²) in [6, 6.07) is 19.4. The molecule has 2 spiro atoms. The molecule has 0 N–H and O–H groups in total. The van der Waals surface area contributed by atoms with Gasteiger partial charge in [0.2, 0.25) is 0 Å². The smallest absolute Gasteiger partial charge is 0.0130 e. The van der Waals surface area contributed by atoms with Gasteiger partial charge in [0.15, 0.2) is 0 Å². The summed E-state index contributed by atoms with van der Waals surface area (Å²) in [5.74, 6) is 4.12. The van der Waals surface area contributed by atoms with Crippen molar-refractivity contribution in [2.75, 3.05) is 0 Å². The van der Waals surface area contributed by atoms with E-state index in [2.05, 4.69) is 93.7 Å². The molecule has 0 nitrogen and oxygen atoms in total. The fraction of sp³-hybridized carbons (Fsp3) is 0.556. The molecule has 2 aromatic rings. The first-order chi connectivity index (χ1) is 14.0. The van der Waals surface area contributed by atoms with E-state index in [1.165, 1.54) is 45.7 Å². The molecule has 2 aromatic carbocycles. The lowest BCUT2D eigenvalue weighted by molar-refractivity contribution is -0.398. The van der Waals surface area contributed by atoms with Gasteiger partial charge in [0, 0.05) is 7.14 Å². The zero-order valence-corrected chi connectivity index (χ0v) is 20.9. The van der Waals surface area contributed by atoms with E-state index in [9.17, 15) is 0 Å². The molecule has 9 saturated carbocycles. The molecule has 0 radical (unpaired) electrons. The Labute approximate surface area is 200 Å². The van der Waals surface area contributed by atoms with Gasteiger partial charge >= 0.3 is 0 Å². The van der Waals surface area contributed by atoms with Gasteiger partial charge in [-0.05, 0) is 171 Å². The van der Waals surface area contributed by atoms with Crippen molar-refractivity contribution in [1.82, 2.24) is 0 Å². The molecule has 0 amide bonds. The Morgan fingerprint density at radius 1 is 0.586 bits per heavy atom. The third kappa shape index (κ3) is 1.80. The van der Waals surface area contributed by atoms with Crippen LogP contribution >= 0.6 is 45.2 Å². The summed E-state index contributed by atoms with van der Waals surface area (Å²) in [5, 5.41) is 0. The minimum absolute atomic E-state index is 0.522. The molecule has 9 aliphatic carbocycles. The highest BCUT2D eigenvalue weighted by atomic mass is 127. The molecule has 0 aliphatic heterocycles. The van der Waals surface area contributed by atoms with Crippen LogP contribution in [0.5, 0.6) is 0 Å². The van der Waals surface area contributed by atoms with Crippen molar-refractivity contribution in [3.8, 4) is 0 Å². The topological polar surface area (TPSA) is 0 Å². The second kappa shape index (κ2) is 5.10. The molecule has 0 aromatic heterocycles. The third-order valence-electron chi connectivity index (χ3n) is 11.2. The second-order valence-electron chi connectivity index (χ2n) is 11.8. The molecule has 0 saturated heterocycles. The van der Waals surface area contributed by atoms with E-state index < -0.39 is 0 Å². The number of benzene rings is 2. The van der Waals surface area contributed by atoms with Crippen LogP contribution in [0.3, 0.4) is 0 Å². The first kappa shape index (κ1) is 17.5. The van der Waals surface area contributed by atoms with Crippen LogP contribution in [0.1, 0.15) is 56.1 Å². The average molecular weight is 604 g/mol. The quantitative estimate of drug-likeness (QED) is 0.316. The predicted octanol–water partition coefficient (Wildman–Crippen LogP) is 7.32. The van der Waals surface area contributed by atoms with E-state index in [0.29, 0.717) is 21.7 Å². The molecule has 148 valence electrons. The Morgan fingerprint density at radius 3 is 1.66 bits per heavy atom. The van der Waals surface area contributed by atoms with E-state index >= 15 is 0 Å². The summed E-state index contributed by atoms with van der Waals surface area (Å²) in [6.45, 7) is 0. The van der Waals surface area contributed by atoms with E-state index in [-0.39, 0.29) is 0 Å². The zero-order valence-electron chi connectivity index (χ0n) is 16.6. The highest BCUT2D eigenvalue weighted by Crippen LogP contribution is 2.93. The van der Waals surface area contributed by atoms with Gasteiger partial charge in [0.25, 0.3) is 0 Å². The Morgan fingerprint density at radius 2 is 1.10 bits per heavy atom. The first-order valence-electron chi connectivity index (χ1n) is 11.5. The van der Waals surface area contributed by atoms with Crippen LogP contribution in [0.15, 0.2) is 48.5 Å². The Balaban J connectivity index is 1.24. The first-order valence-corrected chi connectivity index (χ1v) is 13.7. The van der Waals surface area contributed by atoms with Gasteiger partial charge in [-0.25, -0.2) is 0 Å². The molecule has 9 aliphatic rings. The number of hydrogen-bond acceptors (Lipinski definition) is 0. The van der Waals surface area contributed by atoms with Crippen LogP contribution in [0.25, 0.3) is 0 Å². The summed E-state index contributed by atoms with van der Waals surface area (Å²) in [7, 11) is 0. The van der Waals surface area contributed by atoms with Crippen LogP contribution in [-0.4, -0.2) is 0 Å². The summed E-state index contributed by atoms with van der Waals surface area (Å²) in [5.41, 5.74) is 5.86. The fourth-order valence-corrected chi connectivity index (χ4v) is 11.6. The van der Waals surface area contributed by atoms with E-state index in [1.54, 1.807) is 17.5 Å². The highest BCUT2D eigenvalue weighted by molar-refractivity contribution is 14.1. The van der Waals surface area contributed by atoms with Gasteiger partial charge in [0.05, 0.1) is 0 Å². The maximum absolute atomic E-state index is 2.49. The van der Waals surface area contributed by atoms with Gasteiger partial charge in [-0.1, -0.05) is 24.3 Å². The van der Waals surface area contributed by atoms with Crippen LogP contribution in [-0.2, 0) is 10.8 Å². The zero-order chi connectivity index (χ0) is 19.2. The van der Waals surface area contributed by atoms with Gasteiger partial charge < -0.3 is 0 Å². The molecule has 0 heterocycles. The predicted molar refractivity (Wildman–Crippen MR) is 133 cm³/mol. The molecule has 2 unspecified atom stereocenters. The van der Waals surface area contributed by atoms with Crippen molar-refractivity contribution in [1.29, 1.82) is 0 Å². The van der Waals surface area contributed by atoms with Crippen molar-refractivity contribution in [2.24, 2.45) is 34.5 Å². The summed E-state index contributed by atoms with van der Waals surface area (Å²) < 4.78 is 2.77. The Kier molecular flexibility index (Phi) is 3.07. The fourth-order valence-electron chi connectivity index (χ4n) is 10.9. The van der Waals surface area contributed by atoms with Crippen molar-refractivity contribution in [3.05, 3.63) is 66.8 Å². The lowest BCUT2D eigenvalue weighted by atomic mass is 9.13. The standard InChI is InChI=1S/C27H26I2/c28-18-5-1-16(2-6-18)24-10-21-20-9-25(17-3-7-19(29)8-4-17)13-26(21)15-27(14-25,22(20)11-24)23(26)12-24/h1-8,20-23H,9-15H2/t20?,21-,22-,23?,24?,25?,26?,27?/m1/s1. The van der Waals surface area contributed by atoms with E-state index in [4.69, 9.17) is 0 Å². The largest absolute Gasteiger partial charge is 0.0574 e. The maximum Gasteiger partial charge on any atom is 0.0130 e. The molecule has 11 rings (SSSR count). The van der Waals surface area contributed by atoms with E-state index in [0.717, 1.165) is 23.7 Å². The second-order valence-corrected chi connectivity index (χ2v) is 14.3. The van der Waals surface area contributed by atoms with Crippen LogP contribution in [0, 0.1) is 41.6 Å². The van der Waals surface area contributed by atoms with Crippen LogP contribution in [0.4, 0.5) is 0 Å². The molecular weight excluding hydrogens is 578 g/mol. The summed E-state index contributed by atoms with van der Waals surface area (Å²) in [4.78, 5) is 0. The van der Waals surface area contributed by atoms with Crippen molar-refractivity contribution in [2.45, 2.75) is 55.8 Å². The SMILES string of the molecule is Ic1ccc(C23CC4C56CC7(c8ccc(I)cc8)CC([C@H]5C2)[C@@H](C3)C4(C7)C6)cc1.